The molecule has 6 rings (SSSR count). The Bertz CT molecular complexity index is 1660. The van der Waals surface area contributed by atoms with Gasteiger partial charge in [0.2, 0.25) is 0 Å². The minimum atomic E-state index is -0.594. The van der Waals surface area contributed by atoms with E-state index in [9.17, 15) is 30.0 Å². The number of cyclic esters (lactones) is 2. The second kappa shape index (κ2) is 35.5. The van der Waals surface area contributed by atoms with Gasteiger partial charge in [-0.1, -0.05) is 102 Å². The number of aliphatic hydroxyl groups is 4. The van der Waals surface area contributed by atoms with Gasteiger partial charge in [0.05, 0.1) is 36.3 Å². The first-order chi connectivity index (χ1) is 33.3. The van der Waals surface area contributed by atoms with Crippen LogP contribution in [0.5, 0.6) is 0 Å². The molecule has 2 heterocycles. The van der Waals surface area contributed by atoms with Gasteiger partial charge in [0.15, 0.2) is 0 Å². The molecule has 72 heavy (non-hydrogen) atoms. The van der Waals surface area contributed by atoms with E-state index in [-0.39, 0.29) is 119 Å². The van der Waals surface area contributed by atoms with Crippen LogP contribution in [0, 0.1) is 47.3 Å². The minimum absolute atomic E-state index is 0. The van der Waals surface area contributed by atoms with E-state index < -0.39 is 11.2 Å². The Morgan fingerprint density at radius 1 is 0.528 bits per heavy atom. The van der Waals surface area contributed by atoms with E-state index >= 15 is 0 Å². The third-order valence-corrected chi connectivity index (χ3v) is 17.3. The molecule has 2 saturated heterocycles. The molecule has 4 aliphatic carbocycles. The van der Waals surface area contributed by atoms with Crippen LogP contribution in [0.3, 0.4) is 0 Å². The van der Waals surface area contributed by atoms with Gasteiger partial charge in [-0.15, -0.1) is 0 Å². The standard InChI is InChI=1S/2C13H20O2.2C13H24O2.C6H14O4.Al.Na.2H/c1-4-13(5-2)11-7-6-9(3)8-10(11)12(14)15-13;1-4-13(5-2)11-8-9(3)6-7-10(11)12(14)15-13;1-4-13(15,5-2)12-7-6-10(3)8-11(12)9-14;1-4-13(15,5-2)12-8-10(3)6-7-11(12)9-14;1-7-3-5-9-10-6-4-8-2;;;;/h2*6,10-11H,4-5,7-8H2,1-3H3;2*6,11-12,14-15H,4-5,7-9H2,1-3H3;3-6H2,1-2H3;;;;. The summed E-state index contributed by atoms with van der Waals surface area (Å²) in [5.74, 6) is 2.10. The van der Waals surface area contributed by atoms with Crippen LogP contribution in [0.1, 0.15) is 186 Å². The number of rotatable bonds is 19. The van der Waals surface area contributed by atoms with Gasteiger partial charge in [-0.2, -0.15) is 0 Å². The molecule has 8 unspecified atom stereocenters. The number of hydrogen-bond donors (Lipinski definition) is 4. The second-order valence-electron chi connectivity index (χ2n) is 21.1. The smallest absolute Gasteiger partial charge is 0.310 e. The Balaban J connectivity index is 0.000000875. The Morgan fingerprint density at radius 3 is 1.40 bits per heavy atom. The Kier molecular flexibility index (Phi) is 35.1. The summed E-state index contributed by atoms with van der Waals surface area (Å²) in [4.78, 5) is 33.0. The first kappa shape index (κ1) is 71.1. The van der Waals surface area contributed by atoms with E-state index in [4.69, 9.17) is 18.9 Å². The molecule has 0 aromatic heterocycles. The van der Waals surface area contributed by atoms with E-state index in [2.05, 4.69) is 89.5 Å². The van der Waals surface area contributed by atoms with E-state index in [0.717, 1.165) is 103 Å². The van der Waals surface area contributed by atoms with Gasteiger partial charge < -0.3 is 39.4 Å². The Morgan fingerprint density at radius 2 is 0.931 bits per heavy atom. The summed E-state index contributed by atoms with van der Waals surface area (Å²) in [7, 11) is 3.22. The van der Waals surface area contributed by atoms with E-state index in [1.807, 2.05) is 27.7 Å². The summed E-state index contributed by atoms with van der Waals surface area (Å²) in [6.07, 6.45) is 23.3. The van der Waals surface area contributed by atoms with Gasteiger partial charge in [-0.3, -0.25) is 9.59 Å². The zero-order chi connectivity index (χ0) is 52.7. The third-order valence-electron chi connectivity index (χ3n) is 17.3. The van der Waals surface area contributed by atoms with Crippen LogP contribution in [0.4, 0.5) is 0 Å². The molecule has 8 atom stereocenters. The first-order valence-electron chi connectivity index (χ1n) is 27.3. The Labute approximate surface area is 470 Å². The molecule has 0 spiro atoms. The van der Waals surface area contributed by atoms with Crippen molar-refractivity contribution in [3.8, 4) is 0 Å². The molecule has 2 radical (unpaired) electrons. The van der Waals surface area contributed by atoms with Crippen molar-refractivity contribution in [2.75, 3.05) is 53.9 Å². The van der Waals surface area contributed by atoms with Crippen molar-refractivity contribution in [3.05, 3.63) is 46.6 Å². The summed E-state index contributed by atoms with van der Waals surface area (Å²) in [5, 5.41) is 39.8. The maximum absolute atomic E-state index is 11.8. The molecule has 12 nitrogen and oxygen atoms in total. The van der Waals surface area contributed by atoms with Crippen molar-refractivity contribution in [2.24, 2.45) is 47.3 Å². The number of hydrogen-bond acceptors (Lipinski definition) is 12. The fourth-order valence-corrected chi connectivity index (χ4v) is 12.2. The number of aliphatic hydroxyl groups excluding tert-OH is 2. The SMILES string of the molecule is CCC(O)(CC)C1CC(C)=CCC1CO.CCC(O)(CC)C1CC=C(C)CC1CO.CCC1(CC)OC(=O)C2CC(C)=CCC21.CCC1(CC)OC(=O)C2CC=C(C)CC21.COCCOOCCOC.[AlH2].[Na]. The fraction of sp³-hybridized carbons (Fsp3) is 0.828. The fourth-order valence-electron chi connectivity index (χ4n) is 12.2. The van der Waals surface area contributed by atoms with Crippen LogP contribution in [-0.4, -0.2) is 156 Å². The number of esters is 2. The molecule has 0 saturated carbocycles. The monoisotopic (exact) mass is 1040 g/mol. The molecule has 0 amide bonds. The van der Waals surface area contributed by atoms with Crippen LogP contribution >= 0.6 is 0 Å². The van der Waals surface area contributed by atoms with E-state index in [1.165, 1.54) is 22.3 Å². The summed E-state index contributed by atoms with van der Waals surface area (Å²) < 4.78 is 20.8. The van der Waals surface area contributed by atoms with Crippen molar-refractivity contribution in [1.82, 2.24) is 0 Å². The zero-order valence-corrected chi connectivity index (χ0v) is 52.5. The molecule has 14 heteroatoms. The van der Waals surface area contributed by atoms with Gasteiger partial charge in [0.25, 0.3) is 0 Å². The maximum Gasteiger partial charge on any atom is 0.310 e. The van der Waals surface area contributed by atoms with Gasteiger partial charge in [0, 0.05) is 68.8 Å². The van der Waals surface area contributed by atoms with Crippen molar-refractivity contribution in [1.29, 1.82) is 0 Å². The van der Waals surface area contributed by atoms with Crippen molar-refractivity contribution in [3.63, 3.8) is 0 Å². The quantitative estimate of drug-likeness (QED) is 0.0242. The summed E-state index contributed by atoms with van der Waals surface area (Å²) in [6.45, 7) is 27.5. The summed E-state index contributed by atoms with van der Waals surface area (Å²) >= 11 is 0. The molecule has 2 aliphatic heterocycles. The van der Waals surface area contributed by atoms with Gasteiger partial charge in [-0.25, -0.2) is 9.78 Å². The number of allylic oxidation sites excluding steroid dienone is 8. The molecular weight excluding hydrogens is 939 g/mol. The average molecular weight is 1040 g/mol. The van der Waals surface area contributed by atoms with Crippen LogP contribution < -0.4 is 0 Å². The molecule has 0 bridgehead atoms. The van der Waals surface area contributed by atoms with Gasteiger partial charge in [-0.05, 0) is 154 Å². The summed E-state index contributed by atoms with van der Waals surface area (Å²) in [6, 6.07) is 0. The number of ether oxygens (including phenoxy) is 4. The van der Waals surface area contributed by atoms with Crippen LogP contribution in [0.2, 0.25) is 0 Å². The Hall–Kier alpha value is -0.888. The van der Waals surface area contributed by atoms with E-state index in [0.29, 0.717) is 38.3 Å². The molecule has 0 aromatic carbocycles. The van der Waals surface area contributed by atoms with Gasteiger partial charge >= 0.3 is 11.9 Å². The van der Waals surface area contributed by atoms with Crippen molar-refractivity contribution in [2.45, 2.75) is 208 Å². The molecule has 412 valence electrons. The van der Waals surface area contributed by atoms with Crippen LogP contribution in [0.25, 0.3) is 0 Å². The third kappa shape index (κ3) is 19.5. The molecule has 2 fully saturated rings. The van der Waals surface area contributed by atoms with Crippen LogP contribution in [-0.2, 0) is 38.3 Å². The van der Waals surface area contributed by atoms with E-state index in [1.54, 1.807) is 14.2 Å². The second-order valence-corrected chi connectivity index (χ2v) is 21.1. The number of carbonyl (C=O) groups is 2. The van der Waals surface area contributed by atoms with Crippen LogP contribution in [0.15, 0.2) is 46.6 Å². The molecule has 4 N–H and O–H groups in total. The molecule has 0 aromatic rings. The number of methoxy groups -OCH3 is 2. The predicted molar refractivity (Wildman–Crippen MR) is 294 cm³/mol. The van der Waals surface area contributed by atoms with Gasteiger partial charge in [0.1, 0.15) is 41.8 Å². The topological polar surface area (TPSA) is 170 Å². The number of carbonyl (C=O) groups excluding carboxylic acids is 2. The summed E-state index contributed by atoms with van der Waals surface area (Å²) in [5.41, 5.74) is 3.94. The maximum atomic E-state index is 11.8. The van der Waals surface area contributed by atoms with Crippen molar-refractivity contribution < 1.29 is 58.7 Å². The molecule has 6 aliphatic rings. The number of fused-ring (bicyclic) bond motifs is 2. The molecular formula is C58H104AlNaO12. The first-order valence-corrected chi connectivity index (χ1v) is 27.3. The largest absolute Gasteiger partial charge is 0.459 e. The zero-order valence-electron chi connectivity index (χ0n) is 48.5. The predicted octanol–water partition coefficient (Wildman–Crippen LogP) is 10.1. The van der Waals surface area contributed by atoms with Crippen molar-refractivity contribution >= 4 is 58.9 Å². The normalized spacial score (nSPS) is 26.8. The minimum Gasteiger partial charge on any atom is -0.459 e. The average Bonchev–Trinajstić information content (AvgIpc) is 3.83.